The molecule has 0 aliphatic carbocycles. The largest absolute Gasteiger partial charge is 0.381 e. The first kappa shape index (κ1) is 17.7. The lowest BCUT2D eigenvalue weighted by Crippen LogP contribution is -2.51. The number of nitrogens with zero attached hydrogens (tertiary/aromatic N) is 1. The number of likely N-dealkylation sites (tertiary alicyclic amines) is 1. The van der Waals surface area contributed by atoms with Crippen molar-refractivity contribution < 1.29 is 9.53 Å². The Morgan fingerprint density at radius 3 is 2.50 bits per heavy atom. The minimum absolute atomic E-state index is 0. The van der Waals surface area contributed by atoms with Gasteiger partial charge in [0.05, 0.1) is 6.10 Å². The van der Waals surface area contributed by atoms with Crippen LogP contribution in [0.15, 0.2) is 0 Å². The van der Waals surface area contributed by atoms with E-state index in [0.29, 0.717) is 13.0 Å². The van der Waals surface area contributed by atoms with Crippen LogP contribution in [0.25, 0.3) is 0 Å². The predicted octanol–water partition coefficient (Wildman–Crippen LogP) is 1.81. The van der Waals surface area contributed by atoms with E-state index in [1.165, 1.54) is 0 Å². The highest BCUT2D eigenvalue weighted by atomic mass is 35.5. The van der Waals surface area contributed by atoms with E-state index in [4.69, 9.17) is 10.5 Å². The van der Waals surface area contributed by atoms with Crippen molar-refractivity contribution in [2.45, 2.75) is 52.2 Å². The van der Waals surface area contributed by atoms with E-state index >= 15 is 0 Å². The van der Waals surface area contributed by atoms with E-state index in [1.807, 2.05) is 4.90 Å². The average Bonchev–Trinajstić information content (AvgIpc) is 2.25. The zero-order valence-corrected chi connectivity index (χ0v) is 12.8. The van der Waals surface area contributed by atoms with Crippen LogP contribution in [-0.2, 0) is 9.53 Å². The Morgan fingerprint density at radius 2 is 2.06 bits per heavy atom. The van der Waals surface area contributed by atoms with Crippen molar-refractivity contribution in [3.63, 3.8) is 0 Å². The Kier molecular flexibility index (Phi) is 7.18. The molecule has 1 saturated heterocycles. The van der Waals surface area contributed by atoms with Gasteiger partial charge in [-0.3, -0.25) is 4.79 Å². The van der Waals surface area contributed by atoms with Crippen molar-refractivity contribution in [3.05, 3.63) is 0 Å². The molecule has 108 valence electrons. The summed E-state index contributed by atoms with van der Waals surface area (Å²) in [7, 11) is 1.73. The molecule has 18 heavy (non-hydrogen) atoms. The Bertz CT molecular complexity index is 266. The molecule has 1 heterocycles. The molecule has 1 fully saturated rings. The highest BCUT2D eigenvalue weighted by Gasteiger charge is 2.32. The zero-order valence-electron chi connectivity index (χ0n) is 11.9. The third-order valence-electron chi connectivity index (χ3n) is 3.28. The number of nitrogens with two attached hydrogens (primary N) is 1. The molecule has 5 heteroatoms. The summed E-state index contributed by atoms with van der Waals surface area (Å²) in [5.41, 5.74) is 5.80. The Balaban J connectivity index is 0.00000289. The van der Waals surface area contributed by atoms with Gasteiger partial charge in [0.15, 0.2) is 0 Å². The normalized spacial score (nSPS) is 24.6. The average molecular weight is 279 g/mol. The van der Waals surface area contributed by atoms with Gasteiger partial charge < -0.3 is 15.4 Å². The van der Waals surface area contributed by atoms with Gasteiger partial charge in [0.25, 0.3) is 0 Å². The van der Waals surface area contributed by atoms with Gasteiger partial charge in [0, 0.05) is 32.7 Å². The summed E-state index contributed by atoms with van der Waals surface area (Å²) in [4.78, 5) is 14.2. The molecule has 4 nitrogen and oxygen atoms in total. The quantitative estimate of drug-likeness (QED) is 0.857. The summed E-state index contributed by atoms with van der Waals surface area (Å²) in [6.07, 6.45) is 2.62. The smallest absolute Gasteiger partial charge is 0.223 e. The molecule has 0 saturated carbocycles. The molecule has 0 spiro atoms. The molecular weight excluding hydrogens is 252 g/mol. The number of rotatable bonds is 3. The van der Waals surface area contributed by atoms with E-state index in [1.54, 1.807) is 7.11 Å². The molecule has 1 rings (SSSR count). The van der Waals surface area contributed by atoms with E-state index < -0.39 is 0 Å². The summed E-state index contributed by atoms with van der Waals surface area (Å²) in [6, 6.07) is 0.142. The zero-order chi connectivity index (χ0) is 13.1. The van der Waals surface area contributed by atoms with Crippen LogP contribution in [0.1, 0.15) is 40.0 Å². The van der Waals surface area contributed by atoms with Crippen molar-refractivity contribution in [3.8, 4) is 0 Å². The lowest BCUT2D eigenvalue weighted by atomic mass is 9.90. The molecule has 2 unspecified atom stereocenters. The second-order valence-corrected chi connectivity index (χ2v) is 6.10. The van der Waals surface area contributed by atoms with Gasteiger partial charge in [-0.25, -0.2) is 0 Å². The minimum Gasteiger partial charge on any atom is -0.381 e. The second kappa shape index (κ2) is 7.31. The summed E-state index contributed by atoms with van der Waals surface area (Å²) in [6.45, 7) is 7.56. The van der Waals surface area contributed by atoms with Crippen molar-refractivity contribution in [2.75, 3.05) is 20.2 Å². The third kappa shape index (κ3) is 5.12. The van der Waals surface area contributed by atoms with Crippen LogP contribution in [0, 0.1) is 5.41 Å². The molecule has 2 atom stereocenters. The fraction of sp³-hybridized carbons (Fsp3) is 0.923. The van der Waals surface area contributed by atoms with Gasteiger partial charge in [-0.15, -0.1) is 12.4 Å². The van der Waals surface area contributed by atoms with E-state index in [2.05, 4.69) is 20.8 Å². The third-order valence-corrected chi connectivity index (χ3v) is 3.28. The summed E-state index contributed by atoms with van der Waals surface area (Å²) >= 11 is 0. The van der Waals surface area contributed by atoms with Gasteiger partial charge in [-0.05, 0) is 18.3 Å². The van der Waals surface area contributed by atoms with Crippen molar-refractivity contribution in [1.82, 2.24) is 4.90 Å². The van der Waals surface area contributed by atoms with Gasteiger partial charge in [0.2, 0.25) is 5.91 Å². The van der Waals surface area contributed by atoms with Crippen molar-refractivity contribution >= 4 is 18.3 Å². The molecule has 2 N–H and O–H groups in total. The van der Waals surface area contributed by atoms with Crippen molar-refractivity contribution in [2.24, 2.45) is 11.1 Å². The number of carbonyl (C=O) groups is 1. The number of methoxy groups -OCH3 is 1. The maximum absolute atomic E-state index is 12.2. The van der Waals surface area contributed by atoms with Gasteiger partial charge in [0.1, 0.15) is 0 Å². The minimum atomic E-state index is 0. The molecular formula is C13H27ClN2O2. The monoisotopic (exact) mass is 278 g/mol. The highest BCUT2D eigenvalue weighted by molar-refractivity contribution is 5.85. The lowest BCUT2D eigenvalue weighted by Gasteiger charge is -2.39. The number of amides is 1. The van der Waals surface area contributed by atoms with Crippen molar-refractivity contribution in [1.29, 1.82) is 0 Å². The van der Waals surface area contributed by atoms with Crippen LogP contribution in [0.2, 0.25) is 0 Å². The van der Waals surface area contributed by atoms with Crippen LogP contribution in [-0.4, -0.2) is 43.2 Å². The number of ether oxygens (including phenoxy) is 1. The van der Waals surface area contributed by atoms with Gasteiger partial charge in [-0.2, -0.15) is 0 Å². The number of hydrogen-bond donors (Lipinski definition) is 1. The van der Waals surface area contributed by atoms with E-state index in [9.17, 15) is 4.79 Å². The van der Waals surface area contributed by atoms with E-state index in [0.717, 1.165) is 19.4 Å². The van der Waals surface area contributed by atoms with Crippen LogP contribution >= 0.6 is 12.4 Å². The predicted molar refractivity (Wildman–Crippen MR) is 75.9 cm³/mol. The van der Waals surface area contributed by atoms with Crippen LogP contribution in [0.5, 0.6) is 0 Å². The first-order valence-corrected chi connectivity index (χ1v) is 6.39. The Morgan fingerprint density at radius 1 is 1.44 bits per heavy atom. The number of carbonyl (C=O) groups excluding carboxylic acids is 1. The lowest BCUT2D eigenvalue weighted by molar-refractivity contribution is -0.138. The second-order valence-electron chi connectivity index (χ2n) is 6.10. The molecule has 1 amide bonds. The van der Waals surface area contributed by atoms with Gasteiger partial charge >= 0.3 is 0 Å². The molecule has 0 aromatic heterocycles. The molecule has 1 aliphatic heterocycles. The Labute approximate surface area is 117 Å². The molecule has 0 aromatic rings. The van der Waals surface area contributed by atoms with Crippen LogP contribution in [0.4, 0.5) is 0 Å². The van der Waals surface area contributed by atoms with Gasteiger partial charge in [-0.1, -0.05) is 20.8 Å². The maximum Gasteiger partial charge on any atom is 0.223 e. The highest BCUT2D eigenvalue weighted by Crippen LogP contribution is 2.24. The number of hydrogen-bond acceptors (Lipinski definition) is 3. The van der Waals surface area contributed by atoms with E-state index in [-0.39, 0.29) is 35.9 Å². The molecule has 0 radical (unpaired) electrons. The fourth-order valence-corrected chi connectivity index (χ4v) is 2.34. The number of halogens is 1. The summed E-state index contributed by atoms with van der Waals surface area (Å²) in [5, 5.41) is 0. The first-order valence-electron chi connectivity index (χ1n) is 6.39. The summed E-state index contributed by atoms with van der Waals surface area (Å²) in [5.74, 6) is 0.225. The topological polar surface area (TPSA) is 55.6 Å². The van der Waals surface area contributed by atoms with Crippen LogP contribution < -0.4 is 5.73 Å². The standard InChI is InChI=1S/C13H26N2O2.ClH/c1-13(2,3)8-12(16)15-6-5-11(17-4)7-10(15)9-14;/h10-11H,5-9,14H2,1-4H3;1H. The van der Waals surface area contributed by atoms with Crippen LogP contribution in [0.3, 0.4) is 0 Å². The summed E-state index contributed by atoms with van der Waals surface area (Å²) < 4.78 is 5.36. The Hall–Kier alpha value is -0.320. The molecule has 1 aliphatic rings. The first-order chi connectivity index (χ1) is 7.87. The maximum atomic E-state index is 12.2. The fourth-order valence-electron chi connectivity index (χ4n) is 2.34. The number of piperidine rings is 1. The molecule has 0 aromatic carbocycles. The SMILES string of the molecule is COC1CCN(C(=O)CC(C)(C)C)C(CN)C1.Cl. The molecule has 0 bridgehead atoms.